The van der Waals surface area contributed by atoms with Crippen LogP contribution >= 0.6 is 11.3 Å². The van der Waals surface area contributed by atoms with Crippen molar-refractivity contribution in [2.45, 2.75) is 38.6 Å². The van der Waals surface area contributed by atoms with Crippen molar-refractivity contribution in [3.8, 4) is 0 Å². The fourth-order valence-electron chi connectivity index (χ4n) is 2.73. The summed E-state index contributed by atoms with van der Waals surface area (Å²) in [5, 5.41) is 1.98. The van der Waals surface area contributed by atoms with Gasteiger partial charge in [-0.1, -0.05) is 13.8 Å². The number of thiophene rings is 1. The molecule has 0 aromatic carbocycles. The molecule has 5 heteroatoms. The number of amides is 1. The Kier molecular flexibility index (Phi) is 4.01. The third-order valence-corrected chi connectivity index (χ3v) is 5.11. The summed E-state index contributed by atoms with van der Waals surface area (Å²) in [5.74, 6) is 0.581. The lowest BCUT2D eigenvalue weighted by Crippen LogP contribution is -2.30. The molecular formula is C16H19N3OS. The van der Waals surface area contributed by atoms with Crippen LogP contribution in [0.4, 0.5) is 0 Å². The van der Waals surface area contributed by atoms with Crippen molar-refractivity contribution in [2.75, 3.05) is 6.54 Å². The average molecular weight is 301 g/mol. The van der Waals surface area contributed by atoms with E-state index in [1.165, 1.54) is 4.88 Å². The number of aromatic nitrogens is 2. The van der Waals surface area contributed by atoms with Crippen LogP contribution in [0.1, 0.15) is 59.6 Å². The van der Waals surface area contributed by atoms with E-state index >= 15 is 0 Å². The Morgan fingerprint density at radius 1 is 1.43 bits per heavy atom. The van der Waals surface area contributed by atoms with Crippen molar-refractivity contribution < 1.29 is 4.79 Å². The van der Waals surface area contributed by atoms with E-state index in [0.29, 0.717) is 5.92 Å². The third kappa shape index (κ3) is 2.83. The summed E-state index contributed by atoms with van der Waals surface area (Å²) in [6, 6.07) is 2.09. The smallest absolute Gasteiger partial charge is 0.255 e. The Morgan fingerprint density at radius 2 is 2.29 bits per heavy atom. The SMILES string of the molecule is CC(C)c1cc(C(=O)N2CCC[C@H]2c2cnccn2)cs1. The minimum absolute atomic E-state index is 0.0635. The Labute approximate surface area is 128 Å². The molecule has 0 bridgehead atoms. The first kappa shape index (κ1) is 14.2. The number of carbonyl (C=O) groups is 1. The molecule has 1 fully saturated rings. The predicted molar refractivity (Wildman–Crippen MR) is 83.5 cm³/mol. The highest BCUT2D eigenvalue weighted by Crippen LogP contribution is 2.33. The van der Waals surface area contributed by atoms with Crippen molar-refractivity contribution in [2.24, 2.45) is 0 Å². The van der Waals surface area contributed by atoms with Gasteiger partial charge in [0.25, 0.3) is 5.91 Å². The van der Waals surface area contributed by atoms with Gasteiger partial charge in [0.1, 0.15) is 0 Å². The number of hydrogen-bond acceptors (Lipinski definition) is 4. The van der Waals surface area contributed by atoms with E-state index in [9.17, 15) is 4.79 Å². The van der Waals surface area contributed by atoms with Gasteiger partial charge in [-0.3, -0.25) is 14.8 Å². The van der Waals surface area contributed by atoms with Crippen LogP contribution in [0.15, 0.2) is 30.0 Å². The maximum absolute atomic E-state index is 12.8. The number of rotatable bonds is 3. The van der Waals surface area contributed by atoms with Crippen LogP contribution in [0.3, 0.4) is 0 Å². The molecule has 0 aliphatic carbocycles. The average Bonchev–Trinajstić information content (AvgIpc) is 3.17. The molecule has 1 atom stereocenters. The lowest BCUT2D eigenvalue weighted by molar-refractivity contribution is 0.0733. The van der Waals surface area contributed by atoms with E-state index in [0.717, 1.165) is 30.6 Å². The standard InChI is InChI=1S/C16H19N3OS/c1-11(2)15-8-12(10-21-15)16(20)19-7-3-4-14(19)13-9-17-5-6-18-13/h5-6,8-11,14H,3-4,7H2,1-2H3/t14-/m0/s1. The minimum Gasteiger partial charge on any atom is -0.330 e. The normalized spacial score (nSPS) is 18.4. The van der Waals surface area contributed by atoms with E-state index < -0.39 is 0 Å². The van der Waals surface area contributed by atoms with Crippen molar-refractivity contribution in [1.29, 1.82) is 0 Å². The molecule has 0 spiro atoms. The first-order chi connectivity index (χ1) is 10.2. The van der Waals surface area contributed by atoms with Crippen molar-refractivity contribution in [1.82, 2.24) is 14.9 Å². The quantitative estimate of drug-likeness (QED) is 0.869. The van der Waals surface area contributed by atoms with E-state index in [1.54, 1.807) is 29.9 Å². The first-order valence-electron chi connectivity index (χ1n) is 7.32. The molecule has 0 radical (unpaired) electrons. The summed E-state index contributed by atoms with van der Waals surface area (Å²) in [4.78, 5) is 24.4. The van der Waals surface area contributed by atoms with Gasteiger partial charge < -0.3 is 4.90 Å². The summed E-state index contributed by atoms with van der Waals surface area (Å²) < 4.78 is 0. The third-order valence-electron chi connectivity index (χ3n) is 3.87. The Hall–Kier alpha value is -1.75. The van der Waals surface area contributed by atoms with Crippen LogP contribution in [0.2, 0.25) is 0 Å². The maximum atomic E-state index is 12.8. The van der Waals surface area contributed by atoms with Crippen LogP contribution in [0, 0.1) is 0 Å². The topological polar surface area (TPSA) is 46.1 Å². The van der Waals surface area contributed by atoms with E-state index in [2.05, 4.69) is 23.8 Å². The van der Waals surface area contributed by atoms with Gasteiger partial charge in [-0.2, -0.15) is 0 Å². The lowest BCUT2D eigenvalue weighted by atomic mass is 10.1. The van der Waals surface area contributed by atoms with Gasteiger partial charge in [0.05, 0.1) is 23.5 Å². The van der Waals surface area contributed by atoms with Gasteiger partial charge in [-0.25, -0.2) is 0 Å². The number of likely N-dealkylation sites (tertiary alicyclic amines) is 1. The minimum atomic E-state index is 0.0635. The number of hydrogen-bond donors (Lipinski definition) is 0. The number of carbonyl (C=O) groups excluding carboxylic acids is 1. The second kappa shape index (κ2) is 5.93. The van der Waals surface area contributed by atoms with Crippen molar-refractivity contribution >= 4 is 17.2 Å². The molecule has 0 N–H and O–H groups in total. The molecule has 0 unspecified atom stereocenters. The van der Waals surface area contributed by atoms with Gasteiger partial charge in [0, 0.05) is 29.2 Å². The molecule has 1 aliphatic rings. The zero-order chi connectivity index (χ0) is 14.8. The molecule has 3 rings (SSSR count). The van der Waals surface area contributed by atoms with Crippen LogP contribution in [-0.2, 0) is 0 Å². The van der Waals surface area contributed by atoms with Gasteiger partial charge in [-0.05, 0) is 24.8 Å². The van der Waals surface area contributed by atoms with Crippen LogP contribution in [0.5, 0.6) is 0 Å². The summed E-state index contributed by atoms with van der Waals surface area (Å²) in [6.45, 7) is 5.10. The molecule has 110 valence electrons. The Balaban J connectivity index is 1.83. The summed E-state index contributed by atoms with van der Waals surface area (Å²) in [5.41, 5.74) is 1.70. The fraction of sp³-hybridized carbons (Fsp3) is 0.438. The highest BCUT2D eigenvalue weighted by atomic mass is 32.1. The fourth-order valence-corrected chi connectivity index (χ4v) is 3.63. The molecule has 2 aromatic rings. The van der Waals surface area contributed by atoms with Crippen LogP contribution < -0.4 is 0 Å². The van der Waals surface area contributed by atoms with Crippen molar-refractivity contribution in [3.05, 3.63) is 46.2 Å². The molecule has 21 heavy (non-hydrogen) atoms. The van der Waals surface area contributed by atoms with Gasteiger partial charge >= 0.3 is 0 Å². The molecule has 1 aliphatic heterocycles. The van der Waals surface area contributed by atoms with Crippen molar-refractivity contribution in [3.63, 3.8) is 0 Å². The molecule has 0 saturated carbocycles. The largest absolute Gasteiger partial charge is 0.330 e. The Bertz CT molecular complexity index is 623. The van der Waals surface area contributed by atoms with E-state index in [4.69, 9.17) is 0 Å². The van der Waals surface area contributed by atoms with Gasteiger partial charge in [-0.15, -0.1) is 11.3 Å². The molecule has 4 nitrogen and oxygen atoms in total. The lowest BCUT2D eigenvalue weighted by Gasteiger charge is -2.23. The second-order valence-corrected chi connectivity index (χ2v) is 6.62. The zero-order valence-corrected chi connectivity index (χ0v) is 13.1. The van der Waals surface area contributed by atoms with Gasteiger partial charge in [0.15, 0.2) is 0 Å². The second-order valence-electron chi connectivity index (χ2n) is 5.68. The van der Waals surface area contributed by atoms with E-state index in [1.807, 2.05) is 16.3 Å². The van der Waals surface area contributed by atoms with Crippen LogP contribution in [0.25, 0.3) is 0 Å². The van der Waals surface area contributed by atoms with Gasteiger partial charge in [0.2, 0.25) is 0 Å². The highest BCUT2D eigenvalue weighted by Gasteiger charge is 2.32. The predicted octanol–water partition coefficient (Wildman–Crippen LogP) is 3.64. The number of nitrogens with zero attached hydrogens (tertiary/aromatic N) is 3. The summed E-state index contributed by atoms with van der Waals surface area (Å²) in [6.07, 6.45) is 7.11. The summed E-state index contributed by atoms with van der Waals surface area (Å²) in [7, 11) is 0. The van der Waals surface area contributed by atoms with Crippen LogP contribution in [-0.4, -0.2) is 27.3 Å². The molecule has 1 saturated heterocycles. The zero-order valence-electron chi connectivity index (χ0n) is 12.3. The molecule has 1 amide bonds. The molecule has 2 aromatic heterocycles. The van der Waals surface area contributed by atoms with E-state index in [-0.39, 0.29) is 11.9 Å². The molecular weight excluding hydrogens is 282 g/mol. The maximum Gasteiger partial charge on any atom is 0.255 e. The molecule has 3 heterocycles. The summed E-state index contributed by atoms with van der Waals surface area (Å²) >= 11 is 1.67. The first-order valence-corrected chi connectivity index (χ1v) is 8.20. The Morgan fingerprint density at radius 3 is 2.95 bits per heavy atom. The highest BCUT2D eigenvalue weighted by molar-refractivity contribution is 7.10. The monoisotopic (exact) mass is 301 g/mol.